The Morgan fingerprint density at radius 2 is 1.91 bits per heavy atom. The first-order chi connectivity index (χ1) is 16.3. The predicted molar refractivity (Wildman–Crippen MR) is 120 cm³/mol. The highest BCUT2D eigenvalue weighted by atomic mass is 32.2. The summed E-state index contributed by atoms with van der Waals surface area (Å²) in [5, 5.41) is 3.70. The predicted octanol–water partition coefficient (Wildman–Crippen LogP) is 4.33. The van der Waals surface area contributed by atoms with Crippen LogP contribution in [-0.2, 0) is 10.0 Å². The van der Waals surface area contributed by atoms with Crippen molar-refractivity contribution in [3.8, 4) is 11.4 Å². The molecule has 0 radical (unpaired) electrons. The van der Waals surface area contributed by atoms with Gasteiger partial charge in [0.25, 0.3) is 15.6 Å². The molecule has 1 aliphatic rings. The molecule has 1 fully saturated rings. The van der Waals surface area contributed by atoms with Crippen LogP contribution in [0.3, 0.4) is 0 Å². The van der Waals surface area contributed by atoms with E-state index in [4.69, 9.17) is 4.74 Å². The molecule has 1 aliphatic carbocycles. The minimum Gasteiger partial charge on any atom is -0.495 e. The Balaban J connectivity index is 1.67. The molecule has 0 aliphatic heterocycles. The molecule has 0 saturated heterocycles. The van der Waals surface area contributed by atoms with Crippen molar-refractivity contribution in [2.45, 2.75) is 30.1 Å². The van der Waals surface area contributed by atoms with Crippen LogP contribution in [-0.4, -0.2) is 25.3 Å². The number of pyridine rings is 1. The third-order valence-electron chi connectivity index (χ3n) is 6.00. The van der Waals surface area contributed by atoms with Crippen LogP contribution < -0.4 is 15.0 Å². The van der Waals surface area contributed by atoms with Crippen molar-refractivity contribution in [3.05, 3.63) is 76.3 Å². The van der Waals surface area contributed by atoms with Crippen LogP contribution in [0.5, 0.6) is 5.75 Å². The number of hydrogen-bond acceptors (Lipinski definition) is 6. The molecule has 0 spiro atoms. The third kappa shape index (κ3) is 3.71. The van der Waals surface area contributed by atoms with Crippen molar-refractivity contribution < 1.29 is 26.5 Å². The van der Waals surface area contributed by atoms with Crippen LogP contribution in [0.1, 0.15) is 30.7 Å². The number of sulfonamides is 1. The number of anilines is 1. The first-order valence-electron chi connectivity index (χ1n) is 10.4. The highest BCUT2D eigenvalue weighted by Crippen LogP contribution is 2.40. The number of nitrogens with one attached hydrogen (secondary N) is 1. The molecule has 176 valence electrons. The van der Waals surface area contributed by atoms with Crippen LogP contribution in [0, 0.1) is 11.6 Å². The van der Waals surface area contributed by atoms with Gasteiger partial charge >= 0.3 is 0 Å². The van der Waals surface area contributed by atoms with Crippen LogP contribution in [0.4, 0.5) is 14.6 Å². The Morgan fingerprint density at radius 1 is 1.12 bits per heavy atom. The van der Waals surface area contributed by atoms with Gasteiger partial charge in [-0.3, -0.25) is 14.1 Å². The van der Waals surface area contributed by atoms with Crippen molar-refractivity contribution in [1.82, 2.24) is 9.72 Å². The number of fused-ring (bicyclic) bond motifs is 1. The number of halogens is 2. The van der Waals surface area contributed by atoms with Crippen LogP contribution in [0.25, 0.3) is 16.6 Å². The first-order valence-corrected chi connectivity index (χ1v) is 11.9. The molecular weight excluding hydrogens is 468 g/mol. The summed E-state index contributed by atoms with van der Waals surface area (Å²) in [6.45, 7) is 0. The van der Waals surface area contributed by atoms with E-state index in [1.54, 1.807) is 6.07 Å². The van der Waals surface area contributed by atoms with E-state index in [2.05, 4.69) is 14.4 Å². The van der Waals surface area contributed by atoms with E-state index in [9.17, 15) is 17.6 Å². The van der Waals surface area contributed by atoms with Crippen molar-refractivity contribution in [2.24, 2.45) is 0 Å². The van der Waals surface area contributed by atoms with Crippen molar-refractivity contribution in [2.75, 3.05) is 11.8 Å². The average Bonchev–Trinajstić information content (AvgIpc) is 3.25. The highest BCUT2D eigenvalue weighted by Gasteiger charge is 2.26. The Bertz CT molecular complexity index is 1560. The van der Waals surface area contributed by atoms with E-state index in [0.717, 1.165) is 42.2 Å². The zero-order chi connectivity index (χ0) is 24.0. The lowest BCUT2D eigenvalue weighted by Gasteiger charge is -2.27. The number of hydrogen-bond donors (Lipinski definition) is 1. The van der Waals surface area contributed by atoms with Gasteiger partial charge in [-0.25, -0.2) is 17.2 Å². The van der Waals surface area contributed by atoms with E-state index in [0.29, 0.717) is 5.56 Å². The fraction of sp³-hybridized carbons (Fsp3) is 0.217. The summed E-state index contributed by atoms with van der Waals surface area (Å²) >= 11 is 0. The second-order valence-electron chi connectivity index (χ2n) is 8.01. The Kier molecular flexibility index (Phi) is 5.35. The zero-order valence-corrected chi connectivity index (χ0v) is 18.7. The minimum absolute atomic E-state index is 0.0551. The van der Waals surface area contributed by atoms with Gasteiger partial charge in [0.05, 0.1) is 18.3 Å². The topological polar surface area (TPSA) is 103 Å². The van der Waals surface area contributed by atoms with Crippen molar-refractivity contribution >= 4 is 26.7 Å². The Morgan fingerprint density at radius 3 is 2.56 bits per heavy atom. The molecule has 0 bridgehead atoms. The number of rotatable bonds is 6. The first kappa shape index (κ1) is 22.1. The number of aromatic nitrogens is 2. The van der Waals surface area contributed by atoms with Gasteiger partial charge < -0.3 is 9.26 Å². The molecular formula is C23H19F2N3O5S. The molecule has 1 N–H and O–H groups in total. The van der Waals surface area contributed by atoms with Gasteiger partial charge in [0.2, 0.25) is 0 Å². The van der Waals surface area contributed by atoms with Gasteiger partial charge in [0.1, 0.15) is 28.5 Å². The number of nitrogens with zero attached hydrogens (tertiary/aromatic N) is 2. The van der Waals surface area contributed by atoms with Gasteiger partial charge in [0.15, 0.2) is 5.82 Å². The lowest BCUT2D eigenvalue weighted by molar-refractivity contribution is 0.390. The van der Waals surface area contributed by atoms with Gasteiger partial charge in [-0.2, -0.15) is 0 Å². The lowest BCUT2D eigenvalue weighted by Crippen LogP contribution is -2.20. The van der Waals surface area contributed by atoms with Crippen LogP contribution in [0.15, 0.2) is 62.9 Å². The Labute approximate surface area is 192 Å². The standard InChI is InChI=1S/C23H19F2N3O5S/c1-32-20-10-15(13-3-2-4-13)16(24)11-19(20)28-18-12-17(25)21(9-14(18)5-6-23(28)29)34(30,31)27-22-7-8-33-26-22/h5-13H,2-4H2,1H3,(H,26,27). The monoisotopic (exact) mass is 487 g/mol. The molecule has 4 aromatic rings. The molecule has 2 heterocycles. The van der Waals surface area contributed by atoms with E-state index in [1.165, 1.54) is 31.4 Å². The maximum Gasteiger partial charge on any atom is 0.266 e. The number of benzene rings is 2. The van der Waals surface area contributed by atoms with Gasteiger partial charge in [-0.1, -0.05) is 11.6 Å². The van der Waals surface area contributed by atoms with E-state index >= 15 is 4.39 Å². The number of methoxy groups -OCH3 is 1. The van der Waals surface area contributed by atoms with Crippen LogP contribution in [0.2, 0.25) is 0 Å². The second-order valence-corrected chi connectivity index (χ2v) is 9.66. The second kappa shape index (κ2) is 8.24. The summed E-state index contributed by atoms with van der Waals surface area (Å²) in [5.74, 6) is -1.36. The summed E-state index contributed by atoms with van der Waals surface area (Å²) in [4.78, 5) is 12.2. The summed E-state index contributed by atoms with van der Waals surface area (Å²) < 4.78 is 68.7. The molecule has 2 aromatic carbocycles. The molecule has 0 atom stereocenters. The fourth-order valence-electron chi connectivity index (χ4n) is 4.08. The maximum absolute atomic E-state index is 15.1. The molecule has 8 nitrogen and oxygen atoms in total. The molecule has 0 amide bonds. The SMILES string of the molecule is COc1cc(C2CCC2)c(F)cc1-n1c(=O)ccc2cc(S(=O)(=O)Nc3ccon3)c(F)cc21. The van der Waals surface area contributed by atoms with Crippen LogP contribution >= 0.6 is 0 Å². The minimum atomic E-state index is -4.34. The fourth-order valence-corrected chi connectivity index (χ4v) is 5.17. The average molecular weight is 487 g/mol. The molecule has 2 aromatic heterocycles. The quantitative estimate of drug-likeness (QED) is 0.434. The van der Waals surface area contributed by atoms with E-state index in [-0.39, 0.29) is 34.1 Å². The van der Waals surface area contributed by atoms with E-state index < -0.39 is 32.1 Å². The largest absolute Gasteiger partial charge is 0.495 e. The van der Waals surface area contributed by atoms with Crippen molar-refractivity contribution in [3.63, 3.8) is 0 Å². The van der Waals surface area contributed by atoms with Crippen molar-refractivity contribution in [1.29, 1.82) is 0 Å². The zero-order valence-electron chi connectivity index (χ0n) is 17.9. The highest BCUT2D eigenvalue weighted by molar-refractivity contribution is 7.92. The lowest BCUT2D eigenvalue weighted by atomic mass is 9.79. The normalized spacial score (nSPS) is 14.2. The van der Waals surface area contributed by atoms with Gasteiger partial charge in [0, 0.05) is 29.7 Å². The van der Waals surface area contributed by atoms with E-state index in [1.807, 2.05) is 0 Å². The summed E-state index contributed by atoms with van der Waals surface area (Å²) in [6, 6.07) is 8.61. The molecule has 1 saturated carbocycles. The molecule has 34 heavy (non-hydrogen) atoms. The number of ether oxygens (including phenoxy) is 1. The molecule has 0 unspecified atom stereocenters. The maximum atomic E-state index is 15.1. The molecule has 5 rings (SSSR count). The summed E-state index contributed by atoms with van der Waals surface area (Å²) in [5.41, 5.74) is 0.102. The smallest absolute Gasteiger partial charge is 0.266 e. The van der Waals surface area contributed by atoms with Gasteiger partial charge in [-0.05, 0) is 42.5 Å². The summed E-state index contributed by atoms with van der Waals surface area (Å²) in [7, 11) is -2.94. The Hall–Kier alpha value is -3.73. The molecule has 11 heteroatoms. The summed E-state index contributed by atoms with van der Waals surface area (Å²) in [6.07, 6.45) is 3.93. The van der Waals surface area contributed by atoms with Gasteiger partial charge in [-0.15, -0.1) is 0 Å². The third-order valence-corrected chi connectivity index (χ3v) is 7.37.